The summed E-state index contributed by atoms with van der Waals surface area (Å²) in [6.45, 7) is -0.229. The second-order valence-corrected chi connectivity index (χ2v) is 3.86. The Balaban J connectivity index is 2.14. The number of nitrogens with one attached hydrogen (secondary N) is 2. The third-order valence-corrected chi connectivity index (χ3v) is 2.55. The van der Waals surface area contributed by atoms with Gasteiger partial charge in [-0.2, -0.15) is 4.98 Å². The van der Waals surface area contributed by atoms with Gasteiger partial charge in [-0.1, -0.05) is 0 Å². The number of aromatic amines is 1. The van der Waals surface area contributed by atoms with Crippen molar-refractivity contribution in [3.8, 4) is 0 Å². The lowest BCUT2D eigenvalue weighted by Crippen LogP contribution is -2.55. The van der Waals surface area contributed by atoms with E-state index in [1.807, 2.05) is 0 Å². The van der Waals surface area contributed by atoms with E-state index in [9.17, 15) is 24.5 Å². The minimum Gasteiger partial charge on any atom is -0.388 e. The Bertz CT molecular complexity index is 482. The average Bonchev–Trinajstić information content (AvgIpc) is 2.34. The number of aromatic nitrogens is 2. The van der Waals surface area contributed by atoms with Gasteiger partial charge in [0, 0.05) is 0 Å². The first kappa shape index (κ1) is 12.9. The largest absolute Gasteiger partial charge is 0.388 e. The highest BCUT2D eigenvalue weighted by atomic mass is 19.1. The SMILES string of the molecule is O=c1ncc(F)c(N[C@H]2OC[C@@H](O)[C@H](O)[C@@H]2O)[nH]1. The van der Waals surface area contributed by atoms with Gasteiger partial charge in [-0.05, 0) is 0 Å². The molecule has 2 heterocycles. The van der Waals surface area contributed by atoms with Crippen LogP contribution in [-0.4, -0.2) is 56.4 Å². The number of nitrogens with zero attached hydrogens (tertiary/aromatic N) is 1. The van der Waals surface area contributed by atoms with Gasteiger partial charge < -0.3 is 25.4 Å². The van der Waals surface area contributed by atoms with Crippen molar-refractivity contribution in [3.05, 3.63) is 22.5 Å². The van der Waals surface area contributed by atoms with Gasteiger partial charge in [-0.25, -0.2) is 9.18 Å². The van der Waals surface area contributed by atoms with E-state index in [1.54, 1.807) is 0 Å². The second-order valence-electron chi connectivity index (χ2n) is 3.86. The van der Waals surface area contributed by atoms with Crippen LogP contribution in [0.4, 0.5) is 10.2 Å². The molecular formula is C9H12FN3O5. The normalized spacial score (nSPS) is 32.2. The molecule has 1 aromatic heterocycles. The molecule has 0 aliphatic carbocycles. The highest BCUT2D eigenvalue weighted by molar-refractivity contribution is 5.35. The van der Waals surface area contributed by atoms with E-state index in [0.29, 0.717) is 6.20 Å². The molecule has 0 radical (unpaired) electrons. The molecule has 0 saturated carbocycles. The van der Waals surface area contributed by atoms with Gasteiger partial charge in [0.15, 0.2) is 12.0 Å². The van der Waals surface area contributed by atoms with Crippen LogP contribution in [0.5, 0.6) is 0 Å². The number of rotatable bonds is 2. The number of anilines is 1. The van der Waals surface area contributed by atoms with Crippen LogP contribution in [0.3, 0.4) is 0 Å². The highest BCUT2D eigenvalue weighted by Crippen LogP contribution is 2.18. The Morgan fingerprint density at radius 3 is 2.89 bits per heavy atom. The predicted molar refractivity (Wildman–Crippen MR) is 56.2 cm³/mol. The van der Waals surface area contributed by atoms with Gasteiger partial charge in [-0.15, -0.1) is 0 Å². The molecule has 8 nitrogen and oxygen atoms in total. The molecular weight excluding hydrogens is 249 g/mol. The van der Waals surface area contributed by atoms with E-state index in [0.717, 1.165) is 0 Å². The average molecular weight is 261 g/mol. The van der Waals surface area contributed by atoms with Crippen molar-refractivity contribution in [1.29, 1.82) is 0 Å². The highest BCUT2D eigenvalue weighted by Gasteiger charge is 2.37. The summed E-state index contributed by atoms with van der Waals surface area (Å²) in [5.41, 5.74) is -0.773. The fourth-order valence-electron chi connectivity index (χ4n) is 1.56. The summed E-state index contributed by atoms with van der Waals surface area (Å²) >= 11 is 0. The summed E-state index contributed by atoms with van der Waals surface area (Å²) in [4.78, 5) is 16.2. The number of ether oxygens (including phenoxy) is 1. The quantitative estimate of drug-likeness (QED) is 0.407. The predicted octanol–water partition coefficient (Wildman–Crippen LogP) is -2.24. The first-order valence-electron chi connectivity index (χ1n) is 5.16. The summed E-state index contributed by atoms with van der Waals surface area (Å²) < 4.78 is 18.3. The number of halogens is 1. The lowest BCUT2D eigenvalue weighted by molar-refractivity contribution is -0.178. The first-order chi connectivity index (χ1) is 8.49. The number of aliphatic hydroxyl groups excluding tert-OH is 3. The van der Waals surface area contributed by atoms with Crippen LogP contribution in [0.2, 0.25) is 0 Å². The number of H-pyrrole nitrogens is 1. The summed E-state index contributed by atoms with van der Waals surface area (Å²) in [5.74, 6) is -1.16. The van der Waals surface area contributed by atoms with Crippen molar-refractivity contribution in [2.75, 3.05) is 11.9 Å². The molecule has 1 aliphatic rings. The first-order valence-corrected chi connectivity index (χ1v) is 5.16. The summed E-state index contributed by atoms with van der Waals surface area (Å²) in [6, 6.07) is 0. The van der Waals surface area contributed by atoms with Crippen LogP contribution >= 0.6 is 0 Å². The fourth-order valence-corrected chi connectivity index (χ4v) is 1.56. The maximum absolute atomic E-state index is 13.3. The summed E-state index contributed by atoms with van der Waals surface area (Å²) in [6.07, 6.45) is -4.56. The Hall–Kier alpha value is -1.55. The molecule has 1 saturated heterocycles. The van der Waals surface area contributed by atoms with E-state index >= 15 is 0 Å². The van der Waals surface area contributed by atoms with Gasteiger partial charge in [-0.3, -0.25) is 4.98 Å². The van der Waals surface area contributed by atoms with E-state index in [-0.39, 0.29) is 12.4 Å². The number of hydrogen-bond donors (Lipinski definition) is 5. The lowest BCUT2D eigenvalue weighted by atomic mass is 10.0. The number of hydrogen-bond acceptors (Lipinski definition) is 7. The molecule has 0 unspecified atom stereocenters. The number of aliphatic hydroxyl groups is 3. The molecule has 1 fully saturated rings. The van der Waals surface area contributed by atoms with Gasteiger partial charge in [0.2, 0.25) is 0 Å². The molecule has 5 N–H and O–H groups in total. The van der Waals surface area contributed by atoms with E-state index in [2.05, 4.69) is 15.3 Å². The van der Waals surface area contributed by atoms with E-state index in [4.69, 9.17) is 4.74 Å². The molecule has 4 atom stereocenters. The van der Waals surface area contributed by atoms with Crippen LogP contribution in [0.15, 0.2) is 11.0 Å². The third kappa shape index (κ3) is 2.48. The van der Waals surface area contributed by atoms with Crippen LogP contribution in [0.1, 0.15) is 0 Å². The van der Waals surface area contributed by atoms with Gasteiger partial charge in [0.1, 0.15) is 24.1 Å². The van der Waals surface area contributed by atoms with E-state index in [1.165, 1.54) is 0 Å². The Morgan fingerprint density at radius 1 is 1.44 bits per heavy atom. The van der Waals surface area contributed by atoms with Crippen molar-refractivity contribution in [2.24, 2.45) is 0 Å². The second kappa shape index (κ2) is 4.98. The summed E-state index contributed by atoms with van der Waals surface area (Å²) in [7, 11) is 0. The van der Waals surface area contributed by atoms with Crippen molar-refractivity contribution in [3.63, 3.8) is 0 Å². The molecule has 2 rings (SSSR count). The van der Waals surface area contributed by atoms with Gasteiger partial charge >= 0.3 is 5.69 Å². The van der Waals surface area contributed by atoms with Gasteiger partial charge in [0.25, 0.3) is 0 Å². The molecule has 1 aliphatic heterocycles. The molecule has 18 heavy (non-hydrogen) atoms. The van der Waals surface area contributed by atoms with Crippen molar-refractivity contribution in [1.82, 2.24) is 9.97 Å². The molecule has 1 aromatic rings. The minimum absolute atomic E-state index is 0.229. The summed E-state index contributed by atoms with van der Waals surface area (Å²) in [5, 5.41) is 30.6. The van der Waals surface area contributed by atoms with Crippen molar-refractivity contribution >= 4 is 5.82 Å². The molecule has 0 aromatic carbocycles. The van der Waals surface area contributed by atoms with Crippen LogP contribution in [-0.2, 0) is 4.74 Å². The molecule has 100 valence electrons. The Kier molecular flexibility index (Phi) is 3.57. The topological polar surface area (TPSA) is 128 Å². The zero-order chi connectivity index (χ0) is 13.3. The maximum atomic E-state index is 13.3. The molecule has 0 bridgehead atoms. The van der Waals surface area contributed by atoms with Crippen molar-refractivity contribution < 1.29 is 24.4 Å². The molecule has 0 amide bonds. The Morgan fingerprint density at radius 2 is 2.17 bits per heavy atom. The lowest BCUT2D eigenvalue weighted by Gasteiger charge is -2.35. The van der Waals surface area contributed by atoms with Crippen molar-refractivity contribution in [2.45, 2.75) is 24.5 Å². The standard InChI is InChI=1S/C9H12FN3O5/c10-3-1-11-9(17)13-7(3)12-8-6(16)5(15)4(14)2-18-8/h1,4-6,8,14-16H,2H2,(H2,11,12,13,17)/t4-,5+,6+,8+/m1/s1. The third-order valence-electron chi connectivity index (χ3n) is 2.55. The minimum atomic E-state index is -1.47. The zero-order valence-electron chi connectivity index (χ0n) is 9.08. The maximum Gasteiger partial charge on any atom is 0.346 e. The van der Waals surface area contributed by atoms with E-state index < -0.39 is 36.0 Å². The molecule has 9 heteroatoms. The fraction of sp³-hybridized carbons (Fsp3) is 0.556. The monoisotopic (exact) mass is 261 g/mol. The molecule has 0 spiro atoms. The smallest absolute Gasteiger partial charge is 0.346 e. The zero-order valence-corrected chi connectivity index (χ0v) is 9.08. The Labute approximate surface area is 100 Å². The van der Waals surface area contributed by atoms with Crippen LogP contribution < -0.4 is 11.0 Å². The van der Waals surface area contributed by atoms with Crippen LogP contribution in [0.25, 0.3) is 0 Å². The van der Waals surface area contributed by atoms with Crippen LogP contribution in [0, 0.1) is 5.82 Å². The van der Waals surface area contributed by atoms with Gasteiger partial charge in [0.05, 0.1) is 12.8 Å².